The fourth-order valence-corrected chi connectivity index (χ4v) is 2.00. The summed E-state index contributed by atoms with van der Waals surface area (Å²) in [6.45, 7) is 0. The van der Waals surface area contributed by atoms with E-state index >= 15 is 0 Å². The monoisotopic (exact) mass is 361 g/mol. The molecule has 25 heavy (non-hydrogen) atoms. The highest BCUT2D eigenvalue weighted by atomic mass is 35.5. The van der Waals surface area contributed by atoms with E-state index in [0.29, 0.717) is 21.7 Å². The minimum Gasteiger partial charge on any atom is -0.379 e. The quantitative estimate of drug-likeness (QED) is 0.796. The zero-order valence-electron chi connectivity index (χ0n) is 12.7. The maximum atomic E-state index is 12.9. The van der Waals surface area contributed by atoms with Gasteiger partial charge >= 0.3 is 6.18 Å². The van der Waals surface area contributed by atoms with E-state index in [-0.39, 0.29) is 0 Å². The molecule has 1 atom stereocenters. The molecule has 2 rings (SSSR count). The lowest BCUT2D eigenvalue weighted by Gasteiger charge is -2.14. The summed E-state index contributed by atoms with van der Waals surface area (Å²) in [7, 11) is 0. The first-order chi connectivity index (χ1) is 11.8. The molecule has 0 fully saturated rings. The molecule has 1 N–H and O–H groups in total. The molecule has 2 nitrogen and oxygen atoms in total. The Morgan fingerprint density at radius 3 is 2.12 bits per heavy atom. The molecular weight excluding hydrogens is 351 g/mol. The Labute approximate surface area is 147 Å². The first-order valence-corrected chi connectivity index (χ1v) is 7.41. The summed E-state index contributed by atoms with van der Waals surface area (Å²) in [5.41, 5.74) is 0.738. The molecule has 0 heterocycles. The number of alkyl halides is 3. The van der Waals surface area contributed by atoms with E-state index < -0.39 is 17.9 Å². The second-order valence-electron chi connectivity index (χ2n) is 5.03. The third-order valence-electron chi connectivity index (χ3n) is 3.16. The first-order valence-electron chi connectivity index (χ1n) is 7.04. The summed E-state index contributed by atoms with van der Waals surface area (Å²) in [6, 6.07) is 14.1. The molecule has 2 aromatic rings. The van der Waals surface area contributed by atoms with E-state index in [1.807, 2.05) is 6.07 Å². The van der Waals surface area contributed by atoms with Crippen molar-refractivity contribution in [1.29, 1.82) is 5.26 Å². The molecule has 0 aliphatic carbocycles. The van der Waals surface area contributed by atoms with Crippen molar-refractivity contribution < 1.29 is 18.3 Å². The smallest absolute Gasteiger partial charge is 0.379 e. The zero-order valence-corrected chi connectivity index (χ0v) is 13.4. The third kappa shape index (κ3) is 5.39. The molecule has 0 bridgehead atoms. The van der Waals surface area contributed by atoms with Crippen LogP contribution in [0.4, 0.5) is 13.2 Å². The van der Waals surface area contributed by atoms with Gasteiger partial charge < -0.3 is 5.11 Å². The normalized spacial score (nSPS) is 12.7. The number of halogens is 4. The van der Waals surface area contributed by atoms with Crippen molar-refractivity contribution in [2.45, 2.75) is 12.3 Å². The number of rotatable bonds is 2. The molecule has 0 aromatic heterocycles. The number of nitriles is 1. The predicted molar refractivity (Wildman–Crippen MR) is 89.5 cm³/mol. The lowest BCUT2D eigenvalue weighted by atomic mass is 10.0. The van der Waals surface area contributed by atoms with E-state index in [9.17, 15) is 18.3 Å². The molecule has 0 amide bonds. The molecular formula is C19H11ClF3NO. The third-order valence-corrected chi connectivity index (χ3v) is 3.41. The van der Waals surface area contributed by atoms with Crippen LogP contribution < -0.4 is 0 Å². The molecule has 126 valence electrons. The van der Waals surface area contributed by atoms with Crippen molar-refractivity contribution in [1.82, 2.24) is 0 Å². The van der Waals surface area contributed by atoms with Gasteiger partial charge in [-0.25, -0.2) is 0 Å². The van der Waals surface area contributed by atoms with Crippen molar-refractivity contribution in [3.8, 4) is 17.9 Å². The SMILES string of the molecule is N#Cc1ccc(/C=C(\C#Cc2ccc(Cl)cc2)C(O)C(F)(F)F)cc1. The number of hydrogen-bond donors (Lipinski definition) is 1. The Bertz CT molecular complexity index is 867. The van der Waals surface area contributed by atoms with E-state index in [2.05, 4.69) is 11.8 Å². The largest absolute Gasteiger partial charge is 0.419 e. The van der Waals surface area contributed by atoms with Crippen LogP contribution in [0.15, 0.2) is 54.1 Å². The van der Waals surface area contributed by atoms with Crippen LogP contribution in [0.1, 0.15) is 16.7 Å². The van der Waals surface area contributed by atoms with Crippen LogP contribution >= 0.6 is 11.6 Å². The average Bonchev–Trinajstić information content (AvgIpc) is 2.59. The molecule has 1 unspecified atom stereocenters. The maximum absolute atomic E-state index is 12.9. The van der Waals surface area contributed by atoms with Crippen molar-refractivity contribution in [2.75, 3.05) is 0 Å². The van der Waals surface area contributed by atoms with Gasteiger partial charge in [0.05, 0.1) is 11.6 Å². The van der Waals surface area contributed by atoms with Gasteiger partial charge in [-0.1, -0.05) is 35.6 Å². The molecule has 0 spiro atoms. The Morgan fingerprint density at radius 2 is 1.60 bits per heavy atom. The van der Waals surface area contributed by atoms with E-state index in [1.54, 1.807) is 24.3 Å². The summed E-state index contributed by atoms with van der Waals surface area (Å²) < 4.78 is 38.6. The van der Waals surface area contributed by atoms with Gasteiger partial charge in [0.1, 0.15) is 0 Å². The fraction of sp³-hybridized carbons (Fsp3) is 0.105. The highest BCUT2D eigenvalue weighted by molar-refractivity contribution is 6.30. The zero-order chi connectivity index (χ0) is 18.4. The van der Waals surface area contributed by atoms with Crippen LogP contribution in [0.25, 0.3) is 6.08 Å². The number of nitrogens with zero attached hydrogens (tertiary/aromatic N) is 1. The van der Waals surface area contributed by atoms with Crippen molar-refractivity contribution in [3.63, 3.8) is 0 Å². The Hall–Kier alpha value is -2.73. The number of benzene rings is 2. The standard InChI is InChI=1S/C19H11ClF3NO/c20-17-9-6-13(7-10-17)5-8-16(18(25)19(21,22)23)11-14-1-3-15(12-24)4-2-14/h1-4,6-7,9-11,18,25H/b16-11+. The highest BCUT2D eigenvalue weighted by Gasteiger charge is 2.40. The van der Waals surface area contributed by atoms with Crippen LogP contribution in [-0.2, 0) is 0 Å². The van der Waals surface area contributed by atoms with Gasteiger partial charge in [0.15, 0.2) is 6.10 Å². The topological polar surface area (TPSA) is 44.0 Å². The van der Waals surface area contributed by atoms with Crippen molar-refractivity contribution in [3.05, 3.63) is 75.8 Å². The second-order valence-corrected chi connectivity index (χ2v) is 5.47. The molecule has 2 aromatic carbocycles. The van der Waals surface area contributed by atoms with Gasteiger partial charge in [0.25, 0.3) is 0 Å². The second kappa shape index (κ2) is 7.90. The Kier molecular flexibility index (Phi) is 5.88. The van der Waals surface area contributed by atoms with E-state index in [0.717, 1.165) is 6.08 Å². The van der Waals surface area contributed by atoms with Crippen LogP contribution in [0.3, 0.4) is 0 Å². The number of aliphatic hydroxyl groups is 1. The number of aliphatic hydroxyl groups excluding tert-OH is 1. The Balaban J connectivity index is 2.41. The summed E-state index contributed by atoms with van der Waals surface area (Å²) in [6.07, 6.45) is -6.40. The van der Waals surface area contributed by atoms with Gasteiger partial charge in [0.2, 0.25) is 0 Å². The minimum absolute atomic E-state index is 0.377. The van der Waals surface area contributed by atoms with Gasteiger partial charge in [0, 0.05) is 16.2 Å². The van der Waals surface area contributed by atoms with Crippen molar-refractivity contribution >= 4 is 17.7 Å². The molecule has 0 aliphatic rings. The van der Waals surface area contributed by atoms with Gasteiger partial charge in [-0.15, -0.1) is 0 Å². The van der Waals surface area contributed by atoms with Gasteiger partial charge in [-0.05, 0) is 48.0 Å². The first kappa shape index (κ1) is 18.6. The minimum atomic E-state index is -4.84. The van der Waals surface area contributed by atoms with Gasteiger partial charge in [-0.2, -0.15) is 18.4 Å². The molecule has 0 radical (unpaired) electrons. The highest BCUT2D eigenvalue weighted by Crippen LogP contribution is 2.26. The van der Waals surface area contributed by atoms with Crippen molar-refractivity contribution in [2.24, 2.45) is 0 Å². The molecule has 0 aliphatic heterocycles. The van der Waals surface area contributed by atoms with E-state index in [1.165, 1.54) is 24.3 Å². The van der Waals surface area contributed by atoms with E-state index in [4.69, 9.17) is 16.9 Å². The van der Waals surface area contributed by atoms with Crippen LogP contribution in [0, 0.1) is 23.2 Å². The molecule has 0 saturated heterocycles. The summed E-state index contributed by atoms with van der Waals surface area (Å²) in [5, 5.41) is 18.8. The summed E-state index contributed by atoms with van der Waals surface area (Å²) in [4.78, 5) is 0. The predicted octanol–water partition coefficient (Wildman–Crippen LogP) is 4.57. The lowest BCUT2D eigenvalue weighted by Crippen LogP contribution is -2.29. The average molecular weight is 362 g/mol. The fourth-order valence-electron chi connectivity index (χ4n) is 1.87. The maximum Gasteiger partial charge on any atom is 0.419 e. The van der Waals surface area contributed by atoms with Gasteiger partial charge in [-0.3, -0.25) is 0 Å². The van der Waals surface area contributed by atoms with Crippen LogP contribution in [-0.4, -0.2) is 17.4 Å². The van der Waals surface area contributed by atoms with Crippen LogP contribution in [0.5, 0.6) is 0 Å². The van der Waals surface area contributed by atoms with Crippen LogP contribution in [0.2, 0.25) is 5.02 Å². The molecule has 0 saturated carbocycles. The lowest BCUT2D eigenvalue weighted by molar-refractivity contribution is -0.189. The summed E-state index contributed by atoms with van der Waals surface area (Å²) in [5.74, 6) is 4.95. The Morgan fingerprint density at radius 1 is 1.04 bits per heavy atom. The molecule has 6 heteroatoms. The number of hydrogen-bond acceptors (Lipinski definition) is 2. The summed E-state index contributed by atoms with van der Waals surface area (Å²) >= 11 is 5.75.